The van der Waals surface area contributed by atoms with E-state index in [1.807, 2.05) is 0 Å². The summed E-state index contributed by atoms with van der Waals surface area (Å²) in [5.41, 5.74) is 0.851. The molecule has 0 saturated carbocycles. The van der Waals surface area contributed by atoms with Gasteiger partial charge in [0.2, 0.25) is 11.8 Å². The van der Waals surface area contributed by atoms with E-state index in [1.54, 1.807) is 11.0 Å². The lowest BCUT2D eigenvalue weighted by Gasteiger charge is -2.31. The van der Waals surface area contributed by atoms with Gasteiger partial charge < -0.3 is 10.1 Å². The first-order chi connectivity index (χ1) is 15.0. The van der Waals surface area contributed by atoms with Gasteiger partial charge >= 0.3 is 18.1 Å². The Balaban J connectivity index is 1.51. The van der Waals surface area contributed by atoms with Gasteiger partial charge in [0.05, 0.1) is 12.2 Å². The van der Waals surface area contributed by atoms with Gasteiger partial charge in [0.1, 0.15) is 11.9 Å². The summed E-state index contributed by atoms with van der Waals surface area (Å²) in [6.45, 7) is 0.271. The van der Waals surface area contributed by atoms with Crippen LogP contribution in [0.25, 0.3) is 0 Å². The molecule has 2 saturated heterocycles. The lowest BCUT2D eigenvalue weighted by molar-refractivity contribution is -0.202. The largest absolute Gasteiger partial charge is 0.491 e. The molecule has 2 aliphatic rings. The number of halogens is 4. The van der Waals surface area contributed by atoms with Crippen molar-refractivity contribution in [1.29, 1.82) is 0 Å². The second-order valence-electron chi connectivity index (χ2n) is 7.70. The number of amides is 2. The summed E-state index contributed by atoms with van der Waals surface area (Å²) in [6, 6.07) is 3.87. The summed E-state index contributed by atoms with van der Waals surface area (Å²) in [5, 5.41) is 4.99. The summed E-state index contributed by atoms with van der Waals surface area (Å²) in [7, 11) is 0. The van der Waals surface area contributed by atoms with Crippen molar-refractivity contribution in [3.8, 4) is 0 Å². The first kappa shape index (κ1) is 23.6. The number of benzene rings is 1. The van der Waals surface area contributed by atoms with Gasteiger partial charge in [0.25, 0.3) is 0 Å². The molecule has 1 aromatic rings. The van der Waals surface area contributed by atoms with E-state index in [2.05, 4.69) is 15.4 Å². The van der Waals surface area contributed by atoms with Crippen molar-refractivity contribution in [1.82, 2.24) is 10.2 Å². The number of hydrogen-bond acceptors (Lipinski definition) is 7. The smallest absolute Gasteiger partial charge is 0.385 e. The molecule has 1 aromatic carbocycles. The van der Waals surface area contributed by atoms with Crippen molar-refractivity contribution >= 4 is 29.4 Å². The fourth-order valence-electron chi connectivity index (χ4n) is 3.72. The van der Waals surface area contributed by atoms with Gasteiger partial charge in [0.15, 0.2) is 0 Å². The van der Waals surface area contributed by atoms with Gasteiger partial charge in [-0.1, -0.05) is 6.07 Å². The number of hydrogen-bond donors (Lipinski definition) is 2. The predicted molar refractivity (Wildman–Crippen MR) is 102 cm³/mol. The zero-order chi connectivity index (χ0) is 23.5. The number of alkyl halides is 3. The molecule has 174 valence electrons. The summed E-state index contributed by atoms with van der Waals surface area (Å²) in [5.74, 6) is -5.27. The first-order valence-electron chi connectivity index (χ1n) is 9.97. The molecule has 2 fully saturated rings. The Morgan fingerprint density at radius 3 is 2.44 bits per heavy atom. The van der Waals surface area contributed by atoms with E-state index < -0.39 is 42.4 Å². The summed E-state index contributed by atoms with van der Waals surface area (Å²) < 4.78 is 54.8. The first-order valence-corrected chi connectivity index (χ1v) is 9.97. The van der Waals surface area contributed by atoms with E-state index in [4.69, 9.17) is 0 Å². The van der Waals surface area contributed by atoms with Gasteiger partial charge in [-0.3, -0.25) is 24.6 Å². The molecule has 2 amide bonds. The van der Waals surface area contributed by atoms with Crippen molar-refractivity contribution in [2.45, 2.75) is 43.8 Å². The van der Waals surface area contributed by atoms with Gasteiger partial charge in [0, 0.05) is 6.42 Å². The molecule has 3 rings (SSSR count). The van der Waals surface area contributed by atoms with E-state index >= 15 is 0 Å². The maximum absolute atomic E-state index is 14.6. The van der Waals surface area contributed by atoms with Gasteiger partial charge in [-0.25, -0.2) is 9.18 Å². The number of ether oxygens (including phenoxy) is 1. The van der Waals surface area contributed by atoms with Crippen LogP contribution in [0.2, 0.25) is 0 Å². The molecule has 0 aliphatic carbocycles. The third kappa shape index (κ3) is 6.02. The van der Waals surface area contributed by atoms with Crippen LogP contribution in [0.15, 0.2) is 18.2 Å². The molecular formula is C20H21F4N3O5. The maximum Gasteiger partial charge on any atom is 0.491 e. The fourth-order valence-corrected chi connectivity index (χ4v) is 3.72. The van der Waals surface area contributed by atoms with Crippen molar-refractivity contribution in [3.63, 3.8) is 0 Å². The topological polar surface area (TPSA) is 105 Å². The van der Waals surface area contributed by atoms with Gasteiger partial charge in [-0.2, -0.15) is 13.2 Å². The van der Waals surface area contributed by atoms with Crippen LogP contribution < -0.4 is 10.6 Å². The number of nitrogens with one attached hydrogen (secondary N) is 2. The van der Waals surface area contributed by atoms with E-state index in [0.29, 0.717) is 31.5 Å². The zero-order valence-corrected chi connectivity index (χ0v) is 16.8. The number of rotatable bonds is 5. The lowest BCUT2D eigenvalue weighted by atomic mass is 9.89. The van der Waals surface area contributed by atoms with Crippen LogP contribution in [0.1, 0.15) is 37.2 Å². The Morgan fingerprint density at radius 2 is 1.84 bits per heavy atom. The Kier molecular flexibility index (Phi) is 7.12. The highest BCUT2D eigenvalue weighted by Gasteiger charge is 2.42. The summed E-state index contributed by atoms with van der Waals surface area (Å²) in [6.07, 6.45) is -3.74. The normalized spacial score (nSPS) is 20.6. The van der Waals surface area contributed by atoms with Crippen molar-refractivity contribution in [3.05, 3.63) is 29.6 Å². The van der Waals surface area contributed by atoms with Crippen molar-refractivity contribution in [2.75, 3.05) is 25.0 Å². The second kappa shape index (κ2) is 9.63. The standard InChI is InChI=1S/C20H21F4N3O5/c21-13-9-12(1-2-14(13)25-15-3-4-16(28)26-18(15)30)11-5-7-27(8-6-11)10-17(29)32-19(31)20(22,23)24/h1-2,9,11,15,25H,3-8,10H2,(H,26,28,30). The molecule has 0 radical (unpaired) electrons. The van der Waals surface area contributed by atoms with Crippen LogP contribution in [-0.4, -0.2) is 60.5 Å². The number of anilines is 1. The third-order valence-corrected chi connectivity index (χ3v) is 5.41. The Labute approximate surface area is 180 Å². The third-order valence-electron chi connectivity index (χ3n) is 5.41. The fraction of sp³-hybridized carbons (Fsp3) is 0.500. The molecule has 12 heteroatoms. The monoisotopic (exact) mass is 459 g/mol. The predicted octanol–water partition coefficient (Wildman–Crippen LogP) is 1.85. The SMILES string of the molecule is O=C1CCC(Nc2ccc(C3CCN(CC(=O)OC(=O)C(F)(F)F)CC3)cc2F)C(=O)N1. The highest BCUT2D eigenvalue weighted by molar-refractivity contribution is 6.01. The molecule has 1 unspecified atom stereocenters. The molecule has 0 aromatic heterocycles. The van der Waals surface area contributed by atoms with Gasteiger partial charge in [-0.15, -0.1) is 0 Å². The van der Waals surface area contributed by atoms with Crippen LogP contribution >= 0.6 is 0 Å². The minimum atomic E-state index is -5.23. The van der Waals surface area contributed by atoms with Gasteiger partial charge in [-0.05, 0) is 56.0 Å². The number of carbonyl (C=O) groups is 4. The number of carbonyl (C=O) groups excluding carboxylic acids is 4. The number of imide groups is 1. The number of piperidine rings is 2. The minimum Gasteiger partial charge on any atom is -0.385 e. The number of nitrogens with zero attached hydrogens (tertiary/aromatic N) is 1. The van der Waals surface area contributed by atoms with Crippen molar-refractivity contribution in [2.24, 2.45) is 0 Å². The average molecular weight is 459 g/mol. The molecular weight excluding hydrogens is 438 g/mol. The molecule has 2 aliphatic heterocycles. The van der Waals surface area contributed by atoms with Crippen molar-refractivity contribution < 1.29 is 41.5 Å². The van der Waals surface area contributed by atoms with E-state index in [-0.39, 0.29) is 30.4 Å². The molecule has 2 N–H and O–H groups in total. The maximum atomic E-state index is 14.6. The highest BCUT2D eigenvalue weighted by Crippen LogP contribution is 2.30. The number of likely N-dealkylation sites (tertiary alicyclic amines) is 1. The highest BCUT2D eigenvalue weighted by atomic mass is 19.4. The lowest BCUT2D eigenvalue weighted by Crippen LogP contribution is -2.47. The molecule has 8 nitrogen and oxygen atoms in total. The molecule has 0 bridgehead atoms. The molecule has 1 atom stereocenters. The zero-order valence-electron chi connectivity index (χ0n) is 16.8. The Bertz CT molecular complexity index is 913. The summed E-state index contributed by atoms with van der Waals surface area (Å²) in [4.78, 5) is 46.8. The number of esters is 2. The van der Waals surface area contributed by atoms with Crippen LogP contribution in [0.5, 0.6) is 0 Å². The Hall–Kier alpha value is -3.02. The van der Waals surface area contributed by atoms with Crippen LogP contribution in [0.4, 0.5) is 23.2 Å². The van der Waals surface area contributed by atoms with Crippen LogP contribution in [-0.2, 0) is 23.9 Å². The second-order valence-corrected chi connectivity index (χ2v) is 7.70. The van der Waals surface area contributed by atoms with E-state index in [0.717, 1.165) is 0 Å². The molecule has 32 heavy (non-hydrogen) atoms. The Morgan fingerprint density at radius 1 is 1.16 bits per heavy atom. The summed E-state index contributed by atoms with van der Waals surface area (Å²) >= 11 is 0. The van der Waals surface area contributed by atoms with Crippen LogP contribution in [0, 0.1) is 5.82 Å². The average Bonchev–Trinajstić information content (AvgIpc) is 2.71. The van der Waals surface area contributed by atoms with E-state index in [1.165, 1.54) is 12.1 Å². The molecule has 2 heterocycles. The minimum absolute atomic E-state index is 0.0294. The molecule has 0 spiro atoms. The quantitative estimate of drug-likeness (QED) is 0.300. The van der Waals surface area contributed by atoms with E-state index in [9.17, 15) is 36.7 Å². The van der Waals surface area contributed by atoms with Crippen LogP contribution in [0.3, 0.4) is 0 Å².